The van der Waals surface area contributed by atoms with E-state index in [-0.39, 0.29) is 0 Å². The maximum absolute atomic E-state index is 12.4. The van der Waals surface area contributed by atoms with Gasteiger partial charge in [0.2, 0.25) is 0 Å². The minimum Gasteiger partial charge on any atom is -0.497 e. The van der Waals surface area contributed by atoms with Crippen molar-refractivity contribution in [2.45, 2.75) is 0 Å². The lowest BCUT2D eigenvalue weighted by Crippen LogP contribution is -2.03. The number of hydrogen-bond donors (Lipinski definition) is 1. The number of fused-ring (bicyclic) bond motifs is 1. The average Bonchev–Trinajstić information content (AvgIpc) is 3.16. The smallest absolute Gasteiger partial charge is 0.345 e. The summed E-state index contributed by atoms with van der Waals surface area (Å²) in [5.41, 5.74) is 1.95. The van der Waals surface area contributed by atoms with E-state index in [1.54, 1.807) is 32.4 Å². The molecule has 0 unspecified atom stereocenters. The van der Waals surface area contributed by atoms with E-state index < -0.39 is 5.63 Å². The van der Waals surface area contributed by atoms with Crippen molar-refractivity contribution in [1.29, 1.82) is 0 Å². The standard InChI is InChI=1S/C20H16N2O4S/c1-24-14-5-3-13(4-6-14)21-20-22-17(11-27-20)16-10-12-9-15(25-2)7-8-18(12)26-19(16)23/h3-11H,1-2H3,(H,21,22). The van der Waals surface area contributed by atoms with E-state index in [4.69, 9.17) is 13.9 Å². The van der Waals surface area contributed by atoms with Gasteiger partial charge in [-0.3, -0.25) is 0 Å². The Labute approximate surface area is 159 Å². The number of thiazole rings is 1. The zero-order chi connectivity index (χ0) is 18.8. The van der Waals surface area contributed by atoms with Crippen molar-refractivity contribution < 1.29 is 13.9 Å². The van der Waals surface area contributed by atoms with E-state index in [1.807, 2.05) is 35.7 Å². The van der Waals surface area contributed by atoms with Crippen LogP contribution < -0.4 is 20.4 Å². The Hall–Kier alpha value is -3.32. The minimum atomic E-state index is -0.422. The van der Waals surface area contributed by atoms with Crippen LogP contribution in [0.3, 0.4) is 0 Å². The molecular weight excluding hydrogens is 364 g/mol. The first kappa shape index (κ1) is 17.1. The number of nitrogens with zero attached hydrogens (tertiary/aromatic N) is 1. The normalized spacial score (nSPS) is 10.7. The van der Waals surface area contributed by atoms with E-state index in [9.17, 15) is 4.79 Å². The van der Waals surface area contributed by atoms with Crippen LogP contribution >= 0.6 is 11.3 Å². The molecule has 2 aromatic carbocycles. The molecule has 4 rings (SSSR count). The second-order valence-electron chi connectivity index (χ2n) is 5.74. The minimum absolute atomic E-state index is 0.412. The highest BCUT2D eigenvalue weighted by Crippen LogP contribution is 2.29. The number of methoxy groups -OCH3 is 2. The molecule has 136 valence electrons. The largest absolute Gasteiger partial charge is 0.497 e. The lowest BCUT2D eigenvalue weighted by Gasteiger charge is -2.04. The number of hydrogen-bond acceptors (Lipinski definition) is 7. The summed E-state index contributed by atoms with van der Waals surface area (Å²) in [5.74, 6) is 1.48. The number of ether oxygens (including phenoxy) is 2. The van der Waals surface area contributed by atoms with Gasteiger partial charge in [-0.25, -0.2) is 9.78 Å². The van der Waals surface area contributed by atoms with Crippen LogP contribution in [0.15, 0.2) is 63.1 Å². The molecule has 0 aliphatic heterocycles. The first-order chi connectivity index (χ1) is 13.2. The molecule has 2 aromatic heterocycles. The summed E-state index contributed by atoms with van der Waals surface area (Å²) < 4.78 is 15.8. The van der Waals surface area contributed by atoms with Gasteiger partial charge in [0.25, 0.3) is 0 Å². The van der Waals surface area contributed by atoms with Crippen molar-refractivity contribution in [1.82, 2.24) is 4.98 Å². The van der Waals surface area contributed by atoms with Gasteiger partial charge in [0.1, 0.15) is 17.1 Å². The molecule has 2 heterocycles. The predicted molar refractivity (Wildman–Crippen MR) is 106 cm³/mol. The molecule has 0 radical (unpaired) electrons. The maximum atomic E-state index is 12.4. The zero-order valence-electron chi connectivity index (χ0n) is 14.7. The fraction of sp³-hybridized carbons (Fsp3) is 0.100. The summed E-state index contributed by atoms with van der Waals surface area (Å²) in [4.78, 5) is 16.9. The maximum Gasteiger partial charge on any atom is 0.345 e. The highest BCUT2D eigenvalue weighted by Gasteiger charge is 2.12. The number of rotatable bonds is 5. The van der Waals surface area contributed by atoms with Crippen LogP contribution in [0.1, 0.15) is 0 Å². The van der Waals surface area contributed by atoms with Crippen LogP contribution in [0.4, 0.5) is 10.8 Å². The van der Waals surface area contributed by atoms with Gasteiger partial charge in [-0.15, -0.1) is 11.3 Å². The Morgan fingerprint density at radius 1 is 1.00 bits per heavy atom. The van der Waals surface area contributed by atoms with Crippen LogP contribution in [0.2, 0.25) is 0 Å². The molecule has 27 heavy (non-hydrogen) atoms. The van der Waals surface area contributed by atoms with Gasteiger partial charge in [-0.05, 0) is 48.5 Å². The van der Waals surface area contributed by atoms with E-state index in [0.29, 0.717) is 27.7 Å². The summed E-state index contributed by atoms with van der Waals surface area (Å²) in [5, 5.41) is 6.50. The van der Waals surface area contributed by atoms with Crippen LogP contribution in [0.25, 0.3) is 22.2 Å². The van der Waals surface area contributed by atoms with Gasteiger partial charge in [0.15, 0.2) is 5.13 Å². The van der Waals surface area contributed by atoms with Gasteiger partial charge in [-0.1, -0.05) is 0 Å². The van der Waals surface area contributed by atoms with Crippen molar-refractivity contribution in [2.24, 2.45) is 0 Å². The third kappa shape index (κ3) is 3.50. The molecule has 0 spiro atoms. The topological polar surface area (TPSA) is 73.6 Å². The van der Waals surface area contributed by atoms with Crippen molar-refractivity contribution in [3.8, 4) is 22.8 Å². The third-order valence-electron chi connectivity index (χ3n) is 4.06. The first-order valence-corrected chi connectivity index (χ1v) is 9.03. The van der Waals surface area contributed by atoms with Crippen LogP contribution in [0, 0.1) is 0 Å². The van der Waals surface area contributed by atoms with Crippen LogP contribution in [-0.2, 0) is 0 Å². The highest BCUT2D eigenvalue weighted by atomic mass is 32.1. The number of aromatic nitrogens is 1. The molecular formula is C20H16N2O4S. The van der Waals surface area contributed by atoms with E-state index in [1.165, 1.54) is 11.3 Å². The molecule has 0 aliphatic carbocycles. The Morgan fingerprint density at radius 2 is 1.74 bits per heavy atom. The number of benzene rings is 2. The molecule has 0 bridgehead atoms. The van der Waals surface area contributed by atoms with Gasteiger partial charge < -0.3 is 19.2 Å². The molecule has 7 heteroatoms. The molecule has 4 aromatic rings. The van der Waals surface area contributed by atoms with Crippen molar-refractivity contribution >= 4 is 33.1 Å². The zero-order valence-corrected chi connectivity index (χ0v) is 15.5. The number of anilines is 2. The summed E-state index contributed by atoms with van der Waals surface area (Å²) >= 11 is 1.41. The quantitative estimate of drug-likeness (QED) is 0.507. The van der Waals surface area contributed by atoms with E-state index in [0.717, 1.165) is 16.8 Å². The molecule has 0 amide bonds. The van der Waals surface area contributed by atoms with Crippen LogP contribution in [-0.4, -0.2) is 19.2 Å². The van der Waals surface area contributed by atoms with Crippen LogP contribution in [0.5, 0.6) is 11.5 Å². The Kier molecular flexibility index (Phi) is 4.52. The third-order valence-corrected chi connectivity index (χ3v) is 4.82. The fourth-order valence-electron chi connectivity index (χ4n) is 2.66. The Bertz CT molecular complexity index is 1150. The predicted octanol–water partition coefficient (Wildman–Crippen LogP) is 4.68. The second kappa shape index (κ2) is 7.13. The molecule has 0 saturated heterocycles. The van der Waals surface area contributed by atoms with Gasteiger partial charge in [-0.2, -0.15) is 0 Å². The average molecular weight is 380 g/mol. The van der Waals surface area contributed by atoms with Gasteiger partial charge in [0, 0.05) is 16.5 Å². The monoisotopic (exact) mass is 380 g/mol. The van der Waals surface area contributed by atoms with Gasteiger partial charge in [0.05, 0.1) is 25.5 Å². The van der Waals surface area contributed by atoms with Gasteiger partial charge >= 0.3 is 5.63 Å². The number of nitrogens with one attached hydrogen (secondary N) is 1. The Balaban J connectivity index is 1.65. The van der Waals surface area contributed by atoms with Crippen molar-refractivity contribution in [3.63, 3.8) is 0 Å². The highest BCUT2D eigenvalue weighted by molar-refractivity contribution is 7.14. The fourth-order valence-corrected chi connectivity index (χ4v) is 3.39. The lowest BCUT2D eigenvalue weighted by atomic mass is 10.1. The summed E-state index contributed by atoms with van der Waals surface area (Å²) in [6, 6.07) is 14.6. The molecule has 0 atom stereocenters. The SMILES string of the molecule is COc1ccc(Nc2nc(-c3cc4cc(OC)ccc4oc3=O)cs2)cc1. The van der Waals surface area contributed by atoms with E-state index >= 15 is 0 Å². The molecule has 0 saturated carbocycles. The summed E-state index contributed by atoms with van der Waals surface area (Å²) in [6.07, 6.45) is 0. The molecule has 1 N–H and O–H groups in total. The molecule has 6 nitrogen and oxygen atoms in total. The molecule has 0 fully saturated rings. The van der Waals surface area contributed by atoms with Crippen molar-refractivity contribution in [3.05, 3.63) is 64.3 Å². The van der Waals surface area contributed by atoms with E-state index in [2.05, 4.69) is 10.3 Å². The second-order valence-corrected chi connectivity index (χ2v) is 6.60. The summed E-state index contributed by atoms with van der Waals surface area (Å²) in [7, 11) is 3.22. The summed E-state index contributed by atoms with van der Waals surface area (Å²) in [6.45, 7) is 0. The van der Waals surface area contributed by atoms with Crippen molar-refractivity contribution in [2.75, 3.05) is 19.5 Å². The Morgan fingerprint density at radius 3 is 2.48 bits per heavy atom. The molecule has 0 aliphatic rings. The lowest BCUT2D eigenvalue weighted by molar-refractivity contribution is 0.415. The first-order valence-electron chi connectivity index (χ1n) is 8.15.